The fraction of sp³-hybridized carbons (Fsp3) is 0.800. The Balaban J connectivity index is 2.71. The molecule has 1 aliphatic rings. The molecule has 0 bridgehead atoms. The van der Waals surface area contributed by atoms with E-state index in [9.17, 15) is 0 Å². The number of hydrogen-bond donors (Lipinski definition) is 0. The SMILES string of the molecule is CC1C=CC(=NC(C)(C)CC(C)(C)C)CC1. The Kier molecular flexibility index (Phi) is 3.98. The monoisotopic (exact) mass is 221 g/mol. The average molecular weight is 221 g/mol. The predicted molar refractivity (Wildman–Crippen MR) is 73.1 cm³/mol. The Morgan fingerprint density at radius 2 is 1.88 bits per heavy atom. The topological polar surface area (TPSA) is 12.4 Å². The van der Waals surface area contributed by atoms with E-state index in [0.717, 1.165) is 18.8 Å². The van der Waals surface area contributed by atoms with Crippen LogP contribution in [-0.4, -0.2) is 11.3 Å². The summed E-state index contributed by atoms with van der Waals surface area (Å²) in [6, 6.07) is 0. The standard InChI is InChI=1S/C15H27N/c1-12-7-9-13(10-8-12)16-15(5,6)11-14(2,3)4/h7,9,12H,8,10-11H2,1-6H3. The molecule has 1 nitrogen and oxygen atoms in total. The van der Waals surface area contributed by atoms with Crippen LogP contribution in [0.3, 0.4) is 0 Å². The molecule has 0 heterocycles. The number of allylic oxidation sites excluding steroid dienone is 2. The van der Waals surface area contributed by atoms with Crippen molar-refractivity contribution in [3.63, 3.8) is 0 Å². The van der Waals surface area contributed by atoms with Gasteiger partial charge in [-0.25, -0.2) is 0 Å². The Morgan fingerprint density at radius 1 is 1.25 bits per heavy atom. The van der Waals surface area contributed by atoms with Gasteiger partial charge in [-0.15, -0.1) is 0 Å². The normalized spacial score (nSPS) is 25.1. The van der Waals surface area contributed by atoms with Gasteiger partial charge in [0, 0.05) is 5.71 Å². The van der Waals surface area contributed by atoms with Crippen molar-refractivity contribution in [1.29, 1.82) is 0 Å². The van der Waals surface area contributed by atoms with Crippen LogP contribution in [0.4, 0.5) is 0 Å². The van der Waals surface area contributed by atoms with E-state index < -0.39 is 0 Å². The molecule has 1 unspecified atom stereocenters. The van der Waals surface area contributed by atoms with Gasteiger partial charge in [-0.05, 0) is 50.5 Å². The van der Waals surface area contributed by atoms with Gasteiger partial charge in [0.05, 0.1) is 5.54 Å². The van der Waals surface area contributed by atoms with Crippen LogP contribution in [0.1, 0.15) is 60.8 Å². The van der Waals surface area contributed by atoms with Crippen molar-refractivity contribution < 1.29 is 0 Å². The van der Waals surface area contributed by atoms with E-state index in [1.54, 1.807) is 0 Å². The van der Waals surface area contributed by atoms with Crippen molar-refractivity contribution in [1.82, 2.24) is 0 Å². The summed E-state index contributed by atoms with van der Waals surface area (Å²) < 4.78 is 0. The van der Waals surface area contributed by atoms with Crippen LogP contribution >= 0.6 is 0 Å². The first-order valence-electron chi connectivity index (χ1n) is 6.45. The molecule has 0 radical (unpaired) electrons. The zero-order chi connectivity index (χ0) is 12.4. The van der Waals surface area contributed by atoms with E-state index in [1.807, 2.05) is 0 Å². The second-order valence-electron chi connectivity index (χ2n) is 7.03. The smallest absolute Gasteiger partial charge is 0.0560 e. The van der Waals surface area contributed by atoms with Crippen LogP contribution in [0.15, 0.2) is 17.1 Å². The number of nitrogens with zero attached hydrogens (tertiary/aromatic N) is 1. The molecule has 0 spiro atoms. The average Bonchev–Trinajstić information content (AvgIpc) is 2.04. The quantitative estimate of drug-likeness (QED) is 0.644. The van der Waals surface area contributed by atoms with Gasteiger partial charge in [0.2, 0.25) is 0 Å². The van der Waals surface area contributed by atoms with Gasteiger partial charge in [0.15, 0.2) is 0 Å². The van der Waals surface area contributed by atoms with E-state index in [4.69, 9.17) is 4.99 Å². The fourth-order valence-electron chi connectivity index (χ4n) is 2.65. The molecule has 0 saturated heterocycles. The molecule has 0 aliphatic heterocycles. The third-order valence-electron chi connectivity index (χ3n) is 2.88. The molecular formula is C15H27N. The summed E-state index contributed by atoms with van der Waals surface area (Å²) in [5.41, 5.74) is 1.70. The first-order chi connectivity index (χ1) is 7.18. The molecule has 92 valence electrons. The molecule has 0 aromatic heterocycles. The molecule has 1 heteroatoms. The van der Waals surface area contributed by atoms with Crippen LogP contribution < -0.4 is 0 Å². The van der Waals surface area contributed by atoms with Gasteiger partial charge in [-0.2, -0.15) is 0 Å². The molecule has 0 saturated carbocycles. The lowest BCUT2D eigenvalue weighted by molar-refractivity contribution is 0.288. The minimum absolute atomic E-state index is 0.0680. The van der Waals surface area contributed by atoms with Crippen LogP contribution in [-0.2, 0) is 0 Å². The van der Waals surface area contributed by atoms with E-state index >= 15 is 0 Å². The summed E-state index contributed by atoms with van der Waals surface area (Å²) in [4.78, 5) is 4.92. The van der Waals surface area contributed by atoms with Gasteiger partial charge in [0.25, 0.3) is 0 Å². The van der Waals surface area contributed by atoms with E-state index in [1.165, 1.54) is 12.1 Å². The lowest BCUT2D eigenvalue weighted by Crippen LogP contribution is -2.26. The Labute approximate surface area is 101 Å². The number of hydrogen-bond acceptors (Lipinski definition) is 1. The second-order valence-corrected chi connectivity index (χ2v) is 7.03. The van der Waals surface area contributed by atoms with Gasteiger partial charge in [-0.1, -0.05) is 33.8 Å². The molecule has 0 amide bonds. The van der Waals surface area contributed by atoms with Crippen LogP contribution in [0, 0.1) is 11.3 Å². The van der Waals surface area contributed by atoms with Crippen LogP contribution in [0.2, 0.25) is 0 Å². The maximum Gasteiger partial charge on any atom is 0.0560 e. The van der Waals surface area contributed by atoms with E-state index in [0.29, 0.717) is 5.41 Å². The predicted octanol–water partition coefficient (Wildman–Crippen LogP) is 4.63. The van der Waals surface area contributed by atoms with E-state index in [2.05, 4.69) is 53.7 Å². The lowest BCUT2D eigenvalue weighted by Gasteiger charge is -2.30. The first-order valence-corrected chi connectivity index (χ1v) is 6.45. The van der Waals surface area contributed by atoms with Crippen molar-refractivity contribution in [2.75, 3.05) is 0 Å². The van der Waals surface area contributed by atoms with Crippen LogP contribution in [0.5, 0.6) is 0 Å². The highest BCUT2D eigenvalue weighted by Gasteiger charge is 2.25. The molecule has 0 N–H and O–H groups in total. The molecular weight excluding hydrogens is 194 g/mol. The first kappa shape index (κ1) is 13.5. The van der Waals surface area contributed by atoms with Crippen molar-refractivity contribution in [2.24, 2.45) is 16.3 Å². The zero-order valence-corrected chi connectivity index (χ0v) is 11.8. The lowest BCUT2D eigenvalue weighted by atomic mass is 9.82. The van der Waals surface area contributed by atoms with Gasteiger partial charge >= 0.3 is 0 Å². The summed E-state index contributed by atoms with van der Waals surface area (Å²) in [7, 11) is 0. The Bertz CT molecular complexity index is 289. The Morgan fingerprint density at radius 3 is 2.31 bits per heavy atom. The maximum absolute atomic E-state index is 4.92. The number of aliphatic imine (C=N–C) groups is 1. The third kappa shape index (κ3) is 4.96. The summed E-state index contributed by atoms with van der Waals surface area (Å²) in [5, 5.41) is 0. The van der Waals surface area contributed by atoms with Crippen molar-refractivity contribution in [3.05, 3.63) is 12.2 Å². The molecule has 0 fully saturated rings. The summed E-state index contributed by atoms with van der Waals surface area (Å²) >= 11 is 0. The van der Waals surface area contributed by atoms with Gasteiger partial charge in [-0.3, -0.25) is 4.99 Å². The summed E-state index contributed by atoms with van der Waals surface area (Å²) in [5.74, 6) is 0.727. The van der Waals surface area contributed by atoms with Crippen molar-refractivity contribution in [2.45, 2.75) is 66.3 Å². The largest absolute Gasteiger partial charge is 0.284 e. The third-order valence-corrected chi connectivity index (χ3v) is 2.88. The Hall–Kier alpha value is -0.590. The maximum atomic E-state index is 4.92. The molecule has 1 aliphatic carbocycles. The van der Waals surface area contributed by atoms with Crippen molar-refractivity contribution >= 4 is 5.71 Å². The molecule has 1 rings (SSSR count). The zero-order valence-electron chi connectivity index (χ0n) is 11.8. The number of rotatable bonds is 2. The summed E-state index contributed by atoms with van der Waals surface area (Å²) in [6.07, 6.45) is 8.03. The van der Waals surface area contributed by atoms with Crippen molar-refractivity contribution in [3.8, 4) is 0 Å². The molecule has 16 heavy (non-hydrogen) atoms. The highest BCUT2D eigenvalue weighted by molar-refractivity contribution is 5.95. The minimum Gasteiger partial charge on any atom is -0.284 e. The van der Waals surface area contributed by atoms with E-state index in [-0.39, 0.29) is 5.54 Å². The second kappa shape index (κ2) is 4.73. The minimum atomic E-state index is 0.0680. The molecule has 0 aromatic carbocycles. The highest BCUT2D eigenvalue weighted by atomic mass is 14.9. The molecule has 0 aromatic rings. The fourth-order valence-corrected chi connectivity index (χ4v) is 2.65. The van der Waals surface area contributed by atoms with Gasteiger partial charge in [0.1, 0.15) is 0 Å². The molecule has 1 atom stereocenters. The summed E-state index contributed by atoms with van der Waals surface area (Å²) in [6.45, 7) is 13.6. The van der Waals surface area contributed by atoms with Crippen LogP contribution in [0.25, 0.3) is 0 Å². The highest BCUT2D eigenvalue weighted by Crippen LogP contribution is 2.30. The van der Waals surface area contributed by atoms with Gasteiger partial charge < -0.3 is 0 Å².